The maximum absolute atomic E-state index is 11.2. The Balaban J connectivity index is 2.40. The molecule has 0 aromatic carbocycles. The molecule has 0 aliphatic heterocycles. The van der Waals surface area contributed by atoms with Crippen molar-refractivity contribution >= 4 is 22.9 Å². The molecule has 2 heterocycles. The number of anilines is 1. The van der Waals surface area contributed by atoms with Crippen LogP contribution in [0.1, 0.15) is 17.5 Å². The van der Waals surface area contributed by atoms with E-state index in [1.807, 2.05) is 0 Å². The van der Waals surface area contributed by atoms with Crippen LogP contribution in [0, 0.1) is 0 Å². The Morgan fingerprint density at radius 1 is 1.79 bits per heavy atom. The lowest BCUT2D eigenvalue weighted by Gasteiger charge is -1.95. The van der Waals surface area contributed by atoms with Gasteiger partial charge >= 0.3 is 5.97 Å². The second kappa shape index (κ2) is 3.06. The summed E-state index contributed by atoms with van der Waals surface area (Å²) in [6.45, 7) is 2.03. The lowest BCUT2D eigenvalue weighted by atomic mass is 10.4. The largest absolute Gasteiger partial charge is 0.460 e. The van der Waals surface area contributed by atoms with Crippen molar-refractivity contribution in [1.82, 2.24) is 10.2 Å². The molecule has 0 atom stereocenters. The number of aromatic amines is 1. The van der Waals surface area contributed by atoms with Crippen molar-refractivity contribution < 1.29 is 13.9 Å². The van der Waals surface area contributed by atoms with E-state index < -0.39 is 5.97 Å². The number of hydrogen-bond donors (Lipinski definition) is 2. The number of nitrogens with one attached hydrogen (secondary N) is 1. The van der Waals surface area contributed by atoms with Crippen molar-refractivity contribution in [3.05, 3.63) is 11.8 Å². The van der Waals surface area contributed by atoms with Gasteiger partial charge in [0.2, 0.25) is 5.76 Å². The van der Waals surface area contributed by atoms with Crippen LogP contribution >= 0.6 is 0 Å². The molecule has 2 rings (SSSR count). The second-order valence-electron chi connectivity index (χ2n) is 2.68. The smallest absolute Gasteiger partial charge is 0.374 e. The highest BCUT2D eigenvalue weighted by Crippen LogP contribution is 2.22. The van der Waals surface area contributed by atoms with Crippen LogP contribution in [0.3, 0.4) is 0 Å². The molecular weight excluding hydrogens is 186 g/mol. The summed E-state index contributed by atoms with van der Waals surface area (Å²) in [6.07, 6.45) is 0. The maximum Gasteiger partial charge on any atom is 0.374 e. The molecule has 0 unspecified atom stereocenters. The fraction of sp³-hybridized carbons (Fsp3) is 0.250. The highest BCUT2D eigenvalue weighted by atomic mass is 16.5. The average Bonchev–Trinajstić information content (AvgIpc) is 2.69. The van der Waals surface area contributed by atoms with Gasteiger partial charge in [-0.2, -0.15) is 5.10 Å². The summed E-state index contributed by atoms with van der Waals surface area (Å²) >= 11 is 0. The minimum absolute atomic E-state index is 0.127. The van der Waals surface area contributed by atoms with E-state index >= 15 is 0 Å². The number of carbonyl (C=O) groups is 1. The molecule has 0 aliphatic carbocycles. The van der Waals surface area contributed by atoms with Crippen molar-refractivity contribution in [2.75, 3.05) is 12.3 Å². The Hall–Kier alpha value is -1.98. The summed E-state index contributed by atoms with van der Waals surface area (Å²) in [4.78, 5) is 11.2. The first-order valence-electron chi connectivity index (χ1n) is 4.13. The van der Waals surface area contributed by atoms with Crippen LogP contribution in [-0.2, 0) is 4.74 Å². The van der Waals surface area contributed by atoms with Crippen LogP contribution in [0.25, 0.3) is 11.1 Å². The van der Waals surface area contributed by atoms with Gasteiger partial charge in [0.25, 0.3) is 0 Å². The van der Waals surface area contributed by atoms with Crippen molar-refractivity contribution in [2.24, 2.45) is 0 Å². The maximum atomic E-state index is 11.2. The molecule has 2 aromatic rings. The van der Waals surface area contributed by atoms with Gasteiger partial charge in [-0.05, 0) is 6.92 Å². The number of rotatable bonds is 2. The fourth-order valence-electron chi connectivity index (χ4n) is 1.14. The number of esters is 1. The number of fused-ring (bicyclic) bond motifs is 1. The predicted octanol–water partition coefficient (Wildman–Crippen LogP) is 0.915. The SMILES string of the molecule is CCOC(=O)c1cc2[nH]nc(N)c2o1. The number of nitrogen functional groups attached to an aromatic ring is 1. The van der Waals surface area contributed by atoms with E-state index in [4.69, 9.17) is 14.9 Å². The van der Waals surface area contributed by atoms with Crippen molar-refractivity contribution in [3.63, 3.8) is 0 Å². The summed E-state index contributed by atoms with van der Waals surface area (Å²) in [5.74, 6) is -0.144. The number of H-pyrrole nitrogens is 1. The third-order valence-electron chi connectivity index (χ3n) is 1.74. The van der Waals surface area contributed by atoms with E-state index in [1.165, 1.54) is 6.07 Å². The number of nitrogens with two attached hydrogens (primary N) is 1. The highest BCUT2D eigenvalue weighted by Gasteiger charge is 2.16. The molecule has 0 spiro atoms. The molecule has 0 aliphatic rings. The van der Waals surface area contributed by atoms with E-state index in [-0.39, 0.29) is 11.6 Å². The number of ether oxygens (including phenoxy) is 1. The van der Waals surface area contributed by atoms with Crippen LogP contribution in [0.5, 0.6) is 0 Å². The van der Waals surface area contributed by atoms with Crippen LogP contribution in [-0.4, -0.2) is 22.8 Å². The molecular formula is C8H9N3O3. The van der Waals surface area contributed by atoms with E-state index in [1.54, 1.807) is 6.92 Å². The van der Waals surface area contributed by atoms with E-state index in [9.17, 15) is 4.79 Å². The predicted molar refractivity (Wildman–Crippen MR) is 48.7 cm³/mol. The topological polar surface area (TPSA) is 94.1 Å². The zero-order valence-electron chi connectivity index (χ0n) is 7.53. The fourth-order valence-corrected chi connectivity index (χ4v) is 1.14. The summed E-state index contributed by atoms with van der Waals surface area (Å²) in [6, 6.07) is 1.51. The van der Waals surface area contributed by atoms with Gasteiger partial charge in [0.15, 0.2) is 11.4 Å². The minimum atomic E-state index is -0.503. The van der Waals surface area contributed by atoms with Crippen molar-refractivity contribution in [1.29, 1.82) is 0 Å². The van der Waals surface area contributed by atoms with Crippen LogP contribution < -0.4 is 5.73 Å². The summed E-state index contributed by atoms with van der Waals surface area (Å²) < 4.78 is 9.92. The van der Waals surface area contributed by atoms with Crippen molar-refractivity contribution in [3.8, 4) is 0 Å². The number of carbonyl (C=O) groups excluding carboxylic acids is 1. The number of nitrogens with zero attached hydrogens (tertiary/aromatic N) is 1. The van der Waals surface area contributed by atoms with Gasteiger partial charge < -0.3 is 14.9 Å². The molecule has 0 radical (unpaired) electrons. The molecule has 2 aromatic heterocycles. The third-order valence-corrected chi connectivity index (χ3v) is 1.74. The Bertz CT molecular complexity index is 471. The summed E-state index contributed by atoms with van der Waals surface area (Å²) in [5, 5.41) is 6.34. The number of aromatic nitrogens is 2. The second-order valence-corrected chi connectivity index (χ2v) is 2.68. The number of furan rings is 1. The van der Waals surface area contributed by atoms with Crippen LogP contribution in [0.2, 0.25) is 0 Å². The Morgan fingerprint density at radius 3 is 3.21 bits per heavy atom. The van der Waals surface area contributed by atoms with Crippen LogP contribution in [0.15, 0.2) is 10.5 Å². The average molecular weight is 195 g/mol. The molecule has 0 saturated heterocycles. The van der Waals surface area contributed by atoms with E-state index in [0.29, 0.717) is 17.7 Å². The standard InChI is InChI=1S/C8H9N3O3/c1-2-13-8(12)5-3-4-6(14-5)7(9)11-10-4/h3H,2H2,1H3,(H3,9,10,11). The normalized spacial score (nSPS) is 10.6. The first-order valence-corrected chi connectivity index (χ1v) is 4.13. The molecule has 0 fully saturated rings. The zero-order chi connectivity index (χ0) is 10.1. The van der Waals surface area contributed by atoms with Crippen LogP contribution in [0.4, 0.5) is 5.82 Å². The molecule has 74 valence electrons. The lowest BCUT2D eigenvalue weighted by molar-refractivity contribution is 0.0493. The Morgan fingerprint density at radius 2 is 2.57 bits per heavy atom. The molecule has 0 bridgehead atoms. The minimum Gasteiger partial charge on any atom is -0.460 e. The van der Waals surface area contributed by atoms with Gasteiger partial charge in [-0.1, -0.05) is 0 Å². The zero-order valence-corrected chi connectivity index (χ0v) is 7.53. The van der Waals surface area contributed by atoms with Crippen molar-refractivity contribution in [2.45, 2.75) is 6.92 Å². The van der Waals surface area contributed by atoms with E-state index in [0.717, 1.165) is 0 Å². The Labute approximate surface area is 79.0 Å². The van der Waals surface area contributed by atoms with Gasteiger partial charge in [-0.25, -0.2) is 4.79 Å². The molecule has 14 heavy (non-hydrogen) atoms. The first kappa shape index (κ1) is 8.61. The molecule has 6 heteroatoms. The van der Waals surface area contributed by atoms with Gasteiger partial charge in [0.1, 0.15) is 5.52 Å². The van der Waals surface area contributed by atoms with Gasteiger partial charge in [0.05, 0.1) is 6.61 Å². The first-order chi connectivity index (χ1) is 6.72. The lowest BCUT2D eigenvalue weighted by Crippen LogP contribution is -2.02. The van der Waals surface area contributed by atoms with Gasteiger partial charge in [0, 0.05) is 6.07 Å². The van der Waals surface area contributed by atoms with E-state index in [2.05, 4.69) is 10.2 Å². The summed E-state index contributed by atoms with van der Waals surface area (Å²) in [5.41, 5.74) is 6.45. The highest BCUT2D eigenvalue weighted by molar-refractivity contribution is 5.93. The molecule has 0 amide bonds. The quantitative estimate of drug-likeness (QED) is 0.694. The van der Waals surface area contributed by atoms with Gasteiger partial charge in [-0.3, -0.25) is 5.10 Å². The summed E-state index contributed by atoms with van der Waals surface area (Å²) in [7, 11) is 0. The van der Waals surface area contributed by atoms with Gasteiger partial charge in [-0.15, -0.1) is 0 Å². The molecule has 3 N–H and O–H groups in total. The molecule has 6 nitrogen and oxygen atoms in total. The monoisotopic (exact) mass is 195 g/mol. The number of hydrogen-bond acceptors (Lipinski definition) is 5. The molecule has 0 saturated carbocycles. The third kappa shape index (κ3) is 1.20. The Kier molecular flexibility index (Phi) is 1.88.